The molecule has 1 heterocycles. The largest absolute Gasteiger partial charge is 0.337 e. The van der Waals surface area contributed by atoms with E-state index < -0.39 is 0 Å². The molecule has 5 nitrogen and oxygen atoms in total. The van der Waals surface area contributed by atoms with Crippen molar-refractivity contribution in [1.29, 1.82) is 0 Å². The SMILES string of the molecule is CNC(C)(C)c1nc(CN(C)C)no1. The second-order valence-corrected chi connectivity index (χ2v) is 4.13. The molecule has 0 radical (unpaired) electrons. The first-order valence-electron chi connectivity index (χ1n) is 4.62. The van der Waals surface area contributed by atoms with Crippen molar-refractivity contribution in [1.82, 2.24) is 20.4 Å². The average Bonchev–Trinajstić information content (AvgIpc) is 2.52. The molecule has 0 saturated carbocycles. The van der Waals surface area contributed by atoms with Crippen LogP contribution in [0.15, 0.2) is 4.52 Å². The molecule has 1 N–H and O–H groups in total. The van der Waals surface area contributed by atoms with Gasteiger partial charge in [-0.25, -0.2) is 0 Å². The standard InChI is InChI=1S/C9H18N4O/c1-9(2,10-3)8-11-7(12-14-8)6-13(4)5/h10H,6H2,1-5H3. The fourth-order valence-electron chi connectivity index (χ4n) is 0.962. The zero-order valence-electron chi connectivity index (χ0n) is 9.46. The van der Waals surface area contributed by atoms with Crippen LogP contribution in [0.25, 0.3) is 0 Å². The summed E-state index contributed by atoms with van der Waals surface area (Å²) in [6.45, 7) is 4.70. The van der Waals surface area contributed by atoms with Gasteiger partial charge in [0.2, 0.25) is 5.89 Å². The van der Waals surface area contributed by atoms with Crippen molar-refractivity contribution in [2.24, 2.45) is 0 Å². The van der Waals surface area contributed by atoms with Crippen LogP contribution in [0.3, 0.4) is 0 Å². The molecular weight excluding hydrogens is 180 g/mol. The molecule has 80 valence electrons. The van der Waals surface area contributed by atoms with E-state index in [4.69, 9.17) is 4.52 Å². The van der Waals surface area contributed by atoms with Crippen LogP contribution in [-0.2, 0) is 12.1 Å². The van der Waals surface area contributed by atoms with Crippen LogP contribution in [0, 0.1) is 0 Å². The summed E-state index contributed by atoms with van der Waals surface area (Å²) in [6, 6.07) is 0. The third-order valence-corrected chi connectivity index (χ3v) is 2.09. The number of nitrogens with zero attached hydrogens (tertiary/aromatic N) is 3. The lowest BCUT2D eigenvalue weighted by Crippen LogP contribution is -2.33. The van der Waals surface area contributed by atoms with Gasteiger partial charge in [-0.15, -0.1) is 0 Å². The van der Waals surface area contributed by atoms with E-state index in [1.54, 1.807) is 0 Å². The topological polar surface area (TPSA) is 54.2 Å². The van der Waals surface area contributed by atoms with Crippen LogP contribution in [0.2, 0.25) is 0 Å². The Morgan fingerprint density at radius 1 is 1.43 bits per heavy atom. The van der Waals surface area contributed by atoms with Gasteiger partial charge in [0, 0.05) is 0 Å². The number of rotatable bonds is 4. The molecule has 14 heavy (non-hydrogen) atoms. The Balaban J connectivity index is 2.77. The summed E-state index contributed by atoms with van der Waals surface area (Å²) in [6.07, 6.45) is 0. The van der Waals surface area contributed by atoms with Gasteiger partial charge in [0.1, 0.15) is 0 Å². The maximum Gasteiger partial charge on any atom is 0.246 e. The summed E-state index contributed by atoms with van der Waals surface area (Å²) in [7, 11) is 5.81. The average molecular weight is 198 g/mol. The van der Waals surface area contributed by atoms with Gasteiger partial charge < -0.3 is 14.7 Å². The van der Waals surface area contributed by atoms with E-state index >= 15 is 0 Å². The van der Waals surface area contributed by atoms with Gasteiger partial charge in [0.25, 0.3) is 0 Å². The number of hydrogen-bond acceptors (Lipinski definition) is 5. The molecule has 0 aliphatic heterocycles. The lowest BCUT2D eigenvalue weighted by molar-refractivity contribution is 0.277. The van der Waals surface area contributed by atoms with Crippen molar-refractivity contribution in [3.05, 3.63) is 11.7 Å². The van der Waals surface area contributed by atoms with Gasteiger partial charge in [0.05, 0.1) is 12.1 Å². The Kier molecular flexibility index (Phi) is 3.23. The molecule has 0 unspecified atom stereocenters. The van der Waals surface area contributed by atoms with Crippen LogP contribution < -0.4 is 5.32 Å². The summed E-state index contributed by atoms with van der Waals surface area (Å²) in [5.41, 5.74) is -0.266. The van der Waals surface area contributed by atoms with E-state index in [0.29, 0.717) is 18.3 Å². The van der Waals surface area contributed by atoms with Gasteiger partial charge in [-0.05, 0) is 35.0 Å². The molecule has 0 spiro atoms. The predicted octanol–water partition coefficient (Wildman–Crippen LogP) is 0.586. The first kappa shape index (κ1) is 11.1. The van der Waals surface area contributed by atoms with E-state index in [9.17, 15) is 0 Å². The van der Waals surface area contributed by atoms with E-state index in [2.05, 4.69) is 15.5 Å². The molecule has 0 amide bonds. The molecule has 1 aromatic heterocycles. The molecule has 0 aliphatic carbocycles. The summed E-state index contributed by atoms with van der Waals surface area (Å²) in [5.74, 6) is 1.34. The first-order valence-corrected chi connectivity index (χ1v) is 4.62. The predicted molar refractivity (Wildman–Crippen MR) is 53.8 cm³/mol. The fraction of sp³-hybridized carbons (Fsp3) is 0.778. The van der Waals surface area contributed by atoms with Crippen LogP contribution in [-0.4, -0.2) is 36.2 Å². The highest BCUT2D eigenvalue weighted by Gasteiger charge is 2.25. The monoisotopic (exact) mass is 198 g/mol. The molecule has 1 rings (SSSR count). The second-order valence-electron chi connectivity index (χ2n) is 4.13. The molecule has 0 bridgehead atoms. The fourth-order valence-corrected chi connectivity index (χ4v) is 0.962. The summed E-state index contributed by atoms with van der Waals surface area (Å²) in [4.78, 5) is 6.31. The second kappa shape index (κ2) is 4.06. The number of hydrogen-bond donors (Lipinski definition) is 1. The molecule has 1 aromatic rings. The lowest BCUT2D eigenvalue weighted by Gasteiger charge is -2.17. The third-order valence-electron chi connectivity index (χ3n) is 2.09. The molecule has 0 saturated heterocycles. The maximum atomic E-state index is 5.17. The van der Waals surface area contributed by atoms with E-state index in [0.717, 1.165) is 0 Å². The quantitative estimate of drug-likeness (QED) is 0.767. The highest BCUT2D eigenvalue weighted by Crippen LogP contribution is 2.16. The molecule has 0 fully saturated rings. The Morgan fingerprint density at radius 3 is 2.57 bits per heavy atom. The molecule has 5 heteroatoms. The maximum absolute atomic E-state index is 5.17. The van der Waals surface area contributed by atoms with Gasteiger partial charge in [0.15, 0.2) is 5.82 Å². The van der Waals surface area contributed by atoms with Crippen molar-refractivity contribution in [2.45, 2.75) is 25.9 Å². The molecule has 0 aliphatic rings. The normalized spacial score (nSPS) is 12.4. The highest BCUT2D eigenvalue weighted by atomic mass is 16.5. The highest BCUT2D eigenvalue weighted by molar-refractivity contribution is 4.98. The molecular formula is C9H18N4O. The first-order chi connectivity index (χ1) is 6.45. The number of aromatic nitrogens is 2. The van der Waals surface area contributed by atoms with Crippen LogP contribution in [0.4, 0.5) is 0 Å². The summed E-state index contributed by atoms with van der Waals surface area (Å²) < 4.78 is 5.17. The minimum absolute atomic E-state index is 0.266. The van der Waals surface area contributed by atoms with E-state index in [1.165, 1.54) is 0 Å². The smallest absolute Gasteiger partial charge is 0.246 e. The zero-order valence-corrected chi connectivity index (χ0v) is 9.46. The Labute approximate surface area is 84.5 Å². The number of nitrogens with one attached hydrogen (secondary N) is 1. The van der Waals surface area contributed by atoms with E-state index in [-0.39, 0.29) is 5.54 Å². The molecule has 0 atom stereocenters. The van der Waals surface area contributed by atoms with Crippen LogP contribution in [0.1, 0.15) is 25.6 Å². The van der Waals surface area contributed by atoms with Crippen LogP contribution >= 0.6 is 0 Å². The van der Waals surface area contributed by atoms with Crippen molar-refractivity contribution < 1.29 is 4.52 Å². The minimum Gasteiger partial charge on any atom is -0.337 e. The van der Waals surface area contributed by atoms with E-state index in [1.807, 2.05) is 39.9 Å². The zero-order chi connectivity index (χ0) is 10.8. The van der Waals surface area contributed by atoms with Gasteiger partial charge >= 0.3 is 0 Å². The lowest BCUT2D eigenvalue weighted by atomic mass is 10.1. The van der Waals surface area contributed by atoms with Crippen molar-refractivity contribution in [2.75, 3.05) is 21.1 Å². The molecule has 0 aromatic carbocycles. The van der Waals surface area contributed by atoms with Crippen molar-refractivity contribution in [3.8, 4) is 0 Å². The van der Waals surface area contributed by atoms with Gasteiger partial charge in [-0.1, -0.05) is 5.16 Å². The van der Waals surface area contributed by atoms with Crippen molar-refractivity contribution >= 4 is 0 Å². The van der Waals surface area contributed by atoms with Gasteiger partial charge in [-0.2, -0.15) is 4.98 Å². The summed E-state index contributed by atoms with van der Waals surface area (Å²) >= 11 is 0. The third kappa shape index (κ3) is 2.52. The summed E-state index contributed by atoms with van der Waals surface area (Å²) in [5, 5.41) is 7.02. The Morgan fingerprint density at radius 2 is 2.07 bits per heavy atom. The van der Waals surface area contributed by atoms with Gasteiger partial charge in [-0.3, -0.25) is 0 Å². The Bertz CT molecular complexity index is 293. The minimum atomic E-state index is -0.266. The van der Waals surface area contributed by atoms with Crippen molar-refractivity contribution in [3.63, 3.8) is 0 Å². The van der Waals surface area contributed by atoms with Crippen LogP contribution in [0.5, 0.6) is 0 Å². The Hall–Kier alpha value is -0.940.